The predicted octanol–water partition coefficient (Wildman–Crippen LogP) is 1.82. The van der Waals surface area contributed by atoms with Gasteiger partial charge in [-0.15, -0.1) is 0 Å². The van der Waals surface area contributed by atoms with E-state index < -0.39 is 6.10 Å². The lowest BCUT2D eigenvalue weighted by Crippen LogP contribution is -2.36. The largest absolute Gasteiger partial charge is 0.497 e. The number of aliphatic hydroxyl groups is 1. The highest BCUT2D eigenvalue weighted by Gasteiger charge is 2.07. The third kappa shape index (κ3) is 5.38. The number of nitrogens with one attached hydrogen (secondary N) is 1. The van der Waals surface area contributed by atoms with Crippen LogP contribution in [-0.4, -0.2) is 37.5 Å². The molecule has 18 heavy (non-hydrogen) atoms. The summed E-state index contributed by atoms with van der Waals surface area (Å²) in [5.74, 6) is 1.53. The monoisotopic (exact) mass is 253 g/mol. The van der Waals surface area contributed by atoms with Gasteiger partial charge in [0.2, 0.25) is 0 Å². The highest BCUT2D eigenvalue weighted by atomic mass is 16.5. The molecule has 0 aromatic heterocycles. The molecule has 0 fully saturated rings. The minimum Gasteiger partial charge on any atom is -0.497 e. The summed E-state index contributed by atoms with van der Waals surface area (Å²) in [6.45, 7) is 5.04. The first-order valence-corrected chi connectivity index (χ1v) is 6.34. The maximum Gasteiger partial charge on any atom is 0.119 e. The molecule has 0 heterocycles. The average Bonchev–Trinajstić information content (AvgIpc) is 2.42. The Labute approximate surface area is 109 Å². The quantitative estimate of drug-likeness (QED) is 0.742. The van der Waals surface area contributed by atoms with Gasteiger partial charge in [-0.05, 0) is 37.6 Å². The number of benzene rings is 1. The molecule has 102 valence electrons. The van der Waals surface area contributed by atoms with Crippen molar-refractivity contribution in [3.05, 3.63) is 24.3 Å². The fourth-order valence-corrected chi connectivity index (χ4v) is 1.40. The van der Waals surface area contributed by atoms with E-state index in [9.17, 15) is 5.11 Å². The van der Waals surface area contributed by atoms with E-state index >= 15 is 0 Å². The van der Waals surface area contributed by atoms with Crippen LogP contribution in [-0.2, 0) is 0 Å². The molecule has 4 nitrogen and oxygen atoms in total. The molecule has 4 heteroatoms. The Bertz CT molecular complexity index is 326. The minimum absolute atomic E-state index is 0.287. The van der Waals surface area contributed by atoms with Crippen molar-refractivity contribution < 1.29 is 14.6 Å². The maximum absolute atomic E-state index is 9.74. The van der Waals surface area contributed by atoms with E-state index in [-0.39, 0.29) is 6.61 Å². The Balaban J connectivity index is 2.26. The second-order valence-electron chi connectivity index (χ2n) is 4.36. The summed E-state index contributed by atoms with van der Waals surface area (Å²) >= 11 is 0. The van der Waals surface area contributed by atoms with Gasteiger partial charge >= 0.3 is 0 Å². The van der Waals surface area contributed by atoms with Crippen LogP contribution in [0.1, 0.15) is 20.3 Å². The second kappa shape index (κ2) is 7.95. The van der Waals surface area contributed by atoms with Crippen LogP contribution < -0.4 is 14.8 Å². The Morgan fingerprint density at radius 1 is 1.22 bits per heavy atom. The molecular weight excluding hydrogens is 230 g/mol. The Hall–Kier alpha value is -1.26. The van der Waals surface area contributed by atoms with Gasteiger partial charge in [-0.1, -0.05) is 6.92 Å². The van der Waals surface area contributed by atoms with Crippen molar-refractivity contribution in [3.8, 4) is 11.5 Å². The number of ether oxygens (including phenoxy) is 2. The Kier molecular flexibility index (Phi) is 6.54. The summed E-state index contributed by atoms with van der Waals surface area (Å²) in [4.78, 5) is 0. The third-order valence-corrected chi connectivity index (χ3v) is 2.82. The van der Waals surface area contributed by atoms with Gasteiger partial charge in [-0.25, -0.2) is 0 Å². The minimum atomic E-state index is -0.499. The molecule has 0 radical (unpaired) electrons. The lowest BCUT2D eigenvalue weighted by Gasteiger charge is -2.16. The molecule has 0 bridgehead atoms. The summed E-state index contributed by atoms with van der Waals surface area (Å²) in [7, 11) is 1.63. The van der Waals surface area contributed by atoms with Gasteiger partial charge < -0.3 is 19.9 Å². The highest BCUT2D eigenvalue weighted by molar-refractivity contribution is 5.31. The van der Waals surface area contributed by atoms with Gasteiger partial charge in [0.05, 0.1) is 7.11 Å². The number of hydrogen-bond acceptors (Lipinski definition) is 4. The summed E-state index contributed by atoms with van der Waals surface area (Å²) in [6, 6.07) is 7.74. The topological polar surface area (TPSA) is 50.7 Å². The first-order chi connectivity index (χ1) is 8.65. The van der Waals surface area contributed by atoms with Crippen molar-refractivity contribution in [1.82, 2.24) is 5.32 Å². The first-order valence-electron chi connectivity index (χ1n) is 6.34. The molecule has 0 saturated carbocycles. The van der Waals surface area contributed by atoms with E-state index in [1.807, 2.05) is 24.3 Å². The fraction of sp³-hybridized carbons (Fsp3) is 0.571. The Morgan fingerprint density at radius 3 is 2.39 bits per heavy atom. The zero-order valence-electron chi connectivity index (χ0n) is 11.3. The van der Waals surface area contributed by atoms with Crippen LogP contribution in [0.4, 0.5) is 0 Å². The molecule has 1 aromatic carbocycles. The van der Waals surface area contributed by atoms with Gasteiger partial charge in [0.1, 0.15) is 24.2 Å². The van der Waals surface area contributed by atoms with Crippen molar-refractivity contribution >= 4 is 0 Å². The molecule has 1 aromatic rings. The molecule has 0 spiro atoms. The van der Waals surface area contributed by atoms with Crippen LogP contribution in [0.3, 0.4) is 0 Å². The van der Waals surface area contributed by atoms with Crippen molar-refractivity contribution in [3.63, 3.8) is 0 Å². The normalized spacial score (nSPS) is 14.0. The van der Waals surface area contributed by atoms with Crippen molar-refractivity contribution in [2.75, 3.05) is 20.3 Å². The van der Waals surface area contributed by atoms with Crippen LogP contribution >= 0.6 is 0 Å². The summed E-state index contributed by atoms with van der Waals surface area (Å²) in [6.07, 6.45) is 0.549. The van der Waals surface area contributed by atoms with Gasteiger partial charge in [0, 0.05) is 12.6 Å². The molecule has 1 rings (SSSR count). The number of methoxy groups -OCH3 is 1. The molecule has 2 atom stereocenters. The number of rotatable bonds is 8. The molecule has 0 amide bonds. The third-order valence-electron chi connectivity index (χ3n) is 2.82. The molecule has 0 aliphatic heterocycles. The van der Waals surface area contributed by atoms with Crippen molar-refractivity contribution in [2.45, 2.75) is 32.4 Å². The summed E-state index contributed by atoms with van der Waals surface area (Å²) in [5.41, 5.74) is 0. The van der Waals surface area contributed by atoms with Crippen molar-refractivity contribution in [2.24, 2.45) is 0 Å². The van der Waals surface area contributed by atoms with Crippen LogP contribution in [0.15, 0.2) is 24.3 Å². The standard InChI is InChI=1S/C14H23NO3/c1-4-11(2)15-9-12(16)10-18-14-7-5-13(17-3)6-8-14/h5-8,11-12,15-16H,4,9-10H2,1-3H3. The van der Waals surface area contributed by atoms with E-state index in [2.05, 4.69) is 19.2 Å². The van der Waals surface area contributed by atoms with E-state index in [0.29, 0.717) is 12.6 Å². The van der Waals surface area contributed by atoms with E-state index in [0.717, 1.165) is 17.9 Å². The molecular formula is C14H23NO3. The molecule has 2 N–H and O–H groups in total. The van der Waals surface area contributed by atoms with Gasteiger partial charge in [-0.3, -0.25) is 0 Å². The van der Waals surface area contributed by atoms with Crippen LogP contribution in [0.2, 0.25) is 0 Å². The highest BCUT2D eigenvalue weighted by Crippen LogP contribution is 2.16. The predicted molar refractivity (Wildman–Crippen MR) is 72.3 cm³/mol. The Morgan fingerprint density at radius 2 is 1.83 bits per heavy atom. The van der Waals surface area contributed by atoms with Crippen LogP contribution in [0, 0.1) is 0 Å². The van der Waals surface area contributed by atoms with Crippen molar-refractivity contribution in [1.29, 1.82) is 0 Å². The van der Waals surface area contributed by atoms with Gasteiger partial charge in [-0.2, -0.15) is 0 Å². The van der Waals surface area contributed by atoms with E-state index in [1.54, 1.807) is 7.11 Å². The molecule has 0 aliphatic carbocycles. The van der Waals surface area contributed by atoms with Gasteiger partial charge in [0.15, 0.2) is 0 Å². The summed E-state index contributed by atoms with van der Waals surface area (Å²) < 4.78 is 10.5. The zero-order valence-corrected chi connectivity index (χ0v) is 11.3. The second-order valence-corrected chi connectivity index (χ2v) is 4.36. The van der Waals surface area contributed by atoms with Crippen LogP contribution in [0.5, 0.6) is 11.5 Å². The van der Waals surface area contributed by atoms with Crippen LogP contribution in [0.25, 0.3) is 0 Å². The molecule has 0 aliphatic rings. The van der Waals surface area contributed by atoms with E-state index in [1.165, 1.54) is 0 Å². The molecule has 0 saturated heterocycles. The molecule has 2 unspecified atom stereocenters. The lowest BCUT2D eigenvalue weighted by molar-refractivity contribution is 0.104. The number of hydrogen-bond donors (Lipinski definition) is 2. The maximum atomic E-state index is 9.74. The average molecular weight is 253 g/mol. The smallest absolute Gasteiger partial charge is 0.119 e. The fourth-order valence-electron chi connectivity index (χ4n) is 1.40. The number of aliphatic hydroxyl groups excluding tert-OH is 1. The first kappa shape index (κ1) is 14.8. The van der Waals surface area contributed by atoms with Gasteiger partial charge in [0.25, 0.3) is 0 Å². The van der Waals surface area contributed by atoms with E-state index in [4.69, 9.17) is 9.47 Å². The lowest BCUT2D eigenvalue weighted by atomic mass is 10.2. The SMILES string of the molecule is CCC(C)NCC(O)COc1ccc(OC)cc1. The zero-order chi connectivity index (χ0) is 13.4. The summed E-state index contributed by atoms with van der Waals surface area (Å²) in [5, 5.41) is 13.0.